The van der Waals surface area contributed by atoms with Gasteiger partial charge in [-0.15, -0.1) is 0 Å². The molecule has 1 unspecified atom stereocenters. The fourth-order valence-electron chi connectivity index (χ4n) is 1.61. The highest BCUT2D eigenvalue weighted by Crippen LogP contribution is 2.12. The van der Waals surface area contributed by atoms with Crippen molar-refractivity contribution in [2.45, 2.75) is 32.6 Å². The van der Waals surface area contributed by atoms with Gasteiger partial charge in [-0.1, -0.05) is 23.7 Å². The molecular weight excluding hydrogens is 238 g/mol. The standard InChI is InChI=1S/C13H20ClNO2/c1-3-16-13(17-4-2)12(15)9-10-5-7-11(14)8-6-10/h5-8,12-13H,3-4,9,15H2,1-2H3. The van der Waals surface area contributed by atoms with Gasteiger partial charge in [-0.25, -0.2) is 0 Å². The van der Waals surface area contributed by atoms with Gasteiger partial charge in [0.05, 0.1) is 6.04 Å². The van der Waals surface area contributed by atoms with Gasteiger partial charge in [0.25, 0.3) is 0 Å². The van der Waals surface area contributed by atoms with Crippen molar-refractivity contribution in [3.8, 4) is 0 Å². The Morgan fingerprint density at radius 1 is 1.12 bits per heavy atom. The van der Waals surface area contributed by atoms with Crippen molar-refractivity contribution in [3.63, 3.8) is 0 Å². The number of hydrogen-bond acceptors (Lipinski definition) is 3. The van der Waals surface area contributed by atoms with Crippen LogP contribution in [-0.2, 0) is 15.9 Å². The first-order valence-electron chi connectivity index (χ1n) is 5.90. The minimum atomic E-state index is -0.347. The van der Waals surface area contributed by atoms with Crippen LogP contribution in [0.25, 0.3) is 0 Å². The maximum atomic E-state index is 6.08. The van der Waals surface area contributed by atoms with Gasteiger partial charge < -0.3 is 15.2 Å². The second-order valence-electron chi connectivity index (χ2n) is 3.77. The topological polar surface area (TPSA) is 44.5 Å². The van der Waals surface area contributed by atoms with Gasteiger partial charge in [-0.05, 0) is 38.0 Å². The van der Waals surface area contributed by atoms with Gasteiger partial charge >= 0.3 is 0 Å². The molecule has 17 heavy (non-hydrogen) atoms. The first-order valence-corrected chi connectivity index (χ1v) is 6.28. The quantitative estimate of drug-likeness (QED) is 0.764. The number of ether oxygens (including phenoxy) is 2. The summed E-state index contributed by atoms with van der Waals surface area (Å²) < 4.78 is 10.9. The lowest BCUT2D eigenvalue weighted by molar-refractivity contribution is -0.148. The molecule has 1 rings (SSSR count). The van der Waals surface area contributed by atoms with Crippen LogP contribution in [0.3, 0.4) is 0 Å². The van der Waals surface area contributed by atoms with E-state index in [1.807, 2.05) is 38.1 Å². The Bertz CT molecular complexity index is 310. The van der Waals surface area contributed by atoms with E-state index in [9.17, 15) is 0 Å². The van der Waals surface area contributed by atoms with E-state index in [0.717, 1.165) is 10.6 Å². The second kappa shape index (κ2) is 7.67. The average Bonchev–Trinajstić information content (AvgIpc) is 2.32. The van der Waals surface area contributed by atoms with Crippen LogP contribution in [0.1, 0.15) is 19.4 Å². The number of rotatable bonds is 7. The number of halogens is 1. The fraction of sp³-hybridized carbons (Fsp3) is 0.538. The molecule has 1 aromatic carbocycles. The van der Waals surface area contributed by atoms with Crippen LogP contribution in [0.4, 0.5) is 0 Å². The lowest BCUT2D eigenvalue weighted by Gasteiger charge is -2.23. The molecule has 1 aromatic rings. The normalized spacial score (nSPS) is 13.0. The third-order valence-electron chi connectivity index (χ3n) is 2.40. The van der Waals surface area contributed by atoms with E-state index in [1.165, 1.54) is 0 Å². The molecule has 0 aliphatic heterocycles. The van der Waals surface area contributed by atoms with Crippen molar-refractivity contribution in [3.05, 3.63) is 34.9 Å². The van der Waals surface area contributed by atoms with Crippen molar-refractivity contribution >= 4 is 11.6 Å². The number of benzene rings is 1. The van der Waals surface area contributed by atoms with Gasteiger partial charge in [0, 0.05) is 18.2 Å². The molecule has 0 radical (unpaired) electrons. The molecule has 0 amide bonds. The van der Waals surface area contributed by atoms with Crippen molar-refractivity contribution in [1.29, 1.82) is 0 Å². The second-order valence-corrected chi connectivity index (χ2v) is 4.21. The van der Waals surface area contributed by atoms with Crippen LogP contribution in [0, 0.1) is 0 Å². The number of nitrogens with two attached hydrogens (primary N) is 1. The van der Waals surface area contributed by atoms with E-state index in [2.05, 4.69) is 0 Å². The van der Waals surface area contributed by atoms with E-state index in [-0.39, 0.29) is 12.3 Å². The van der Waals surface area contributed by atoms with E-state index in [1.54, 1.807) is 0 Å². The largest absolute Gasteiger partial charge is 0.351 e. The van der Waals surface area contributed by atoms with Crippen molar-refractivity contribution in [1.82, 2.24) is 0 Å². The third kappa shape index (κ3) is 5.04. The Hall–Kier alpha value is -0.610. The molecule has 0 saturated carbocycles. The minimum absolute atomic E-state index is 0.170. The maximum Gasteiger partial charge on any atom is 0.172 e. The van der Waals surface area contributed by atoms with E-state index in [0.29, 0.717) is 19.6 Å². The van der Waals surface area contributed by atoms with Gasteiger partial charge in [0.1, 0.15) is 0 Å². The zero-order chi connectivity index (χ0) is 12.7. The highest BCUT2D eigenvalue weighted by molar-refractivity contribution is 6.30. The van der Waals surface area contributed by atoms with E-state index in [4.69, 9.17) is 26.8 Å². The fourth-order valence-corrected chi connectivity index (χ4v) is 1.74. The third-order valence-corrected chi connectivity index (χ3v) is 2.65. The summed E-state index contributed by atoms with van der Waals surface area (Å²) >= 11 is 5.83. The molecular formula is C13H20ClNO2. The van der Waals surface area contributed by atoms with Gasteiger partial charge in [-0.2, -0.15) is 0 Å². The summed E-state index contributed by atoms with van der Waals surface area (Å²) in [4.78, 5) is 0. The molecule has 0 aliphatic carbocycles. The molecule has 4 heteroatoms. The summed E-state index contributed by atoms with van der Waals surface area (Å²) in [5, 5.41) is 0.730. The van der Waals surface area contributed by atoms with Crippen LogP contribution in [-0.4, -0.2) is 25.5 Å². The van der Waals surface area contributed by atoms with Crippen LogP contribution < -0.4 is 5.73 Å². The van der Waals surface area contributed by atoms with Gasteiger partial charge in [0.15, 0.2) is 6.29 Å². The van der Waals surface area contributed by atoms with Crippen LogP contribution >= 0.6 is 11.6 Å². The highest BCUT2D eigenvalue weighted by atomic mass is 35.5. The molecule has 1 atom stereocenters. The monoisotopic (exact) mass is 257 g/mol. The molecule has 0 saturated heterocycles. The Morgan fingerprint density at radius 2 is 1.65 bits per heavy atom. The average molecular weight is 258 g/mol. The smallest absolute Gasteiger partial charge is 0.172 e. The Kier molecular flexibility index (Phi) is 6.52. The first-order chi connectivity index (χ1) is 8.17. The van der Waals surface area contributed by atoms with Gasteiger partial charge in [0.2, 0.25) is 0 Å². The predicted octanol–water partition coefficient (Wildman–Crippen LogP) is 2.61. The van der Waals surface area contributed by atoms with Crippen molar-refractivity contribution in [2.24, 2.45) is 5.73 Å². The zero-order valence-electron chi connectivity index (χ0n) is 10.4. The SMILES string of the molecule is CCOC(OCC)C(N)Cc1ccc(Cl)cc1. The highest BCUT2D eigenvalue weighted by Gasteiger charge is 2.18. The maximum absolute atomic E-state index is 6.08. The van der Waals surface area contributed by atoms with Crippen molar-refractivity contribution < 1.29 is 9.47 Å². The number of hydrogen-bond donors (Lipinski definition) is 1. The summed E-state index contributed by atoms with van der Waals surface area (Å²) in [6.07, 6.45) is 0.364. The Balaban J connectivity index is 2.55. The Morgan fingerprint density at radius 3 is 2.12 bits per heavy atom. The van der Waals surface area contributed by atoms with Crippen molar-refractivity contribution in [2.75, 3.05) is 13.2 Å². The van der Waals surface area contributed by atoms with Crippen LogP contribution in [0.2, 0.25) is 5.02 Å². The zero-order valence-corrected chi connectivity index (χ0v) is 11.1. The molecule has 0 fully saturated rings. The molecule has 2 N–H and O–H groups in total. The summed E-state index contributed by atoms with van der Waals surface area (Å²) in [6.45, 7) is 5.06. The van der Waals surface area contributed by atoms with Crippen LogP contribution in [0.15, 0.2) is 24.3 Å². The predicted molar refractivity (Wildman–Crippen MR) is 70.2 cm³/mol. The molecule has 0 aromatic heterocycles. The summed E-state index contributed by atoms with van der Waals surface area (Å²) in [5.74, 6) is 0. The lowest BCUT2D eigenvalue weighted by atomic mass is 10.1. The molecule has 96 valence electrons. The molecule has 0 aliphatic rings. The summed E-state index contributed by atoms with van der Waals surface area (Å²) in [5.41, 5.74) is 7.21. The summed E-state index contributed by atoms with van der Waals surface area (Å²) in [6, 6.07) is 7.49. The first kappa shape index (κ1) is 14.5. The Labute approximate surface area is 108 Å². The molecule has 0 bridgehead atoms. The summed E-state index contributed by atoms with van der Waals surface area (Å²) in [7, 11) is 0. The van der Waals surface area contributed by atoms with E-state index >= 15 is 0 Å². The molecule has 3 nitrogen and oxygen atoms in total. The lowest BCUT2D eigenvalue weighted by Crippen LogP contribution is -2.40. The molecule has 0 spiro atoms. The van der Waals surface area contributed by atoms with E-state index < -0.39 is 0 Å². The van der Waals surface area contributed by atoms with Gasteiger partial charge in [-0.3, -0.25) is 0 Å². The minimum Gasteiger partial charge on any atom is -0.351 e. The van der Waals surface area contributed by atoms with Crippen LogP contribution in [0.5, 0.6) is 0 Å². The molecule has 0 heterocycles.